The van der Waals surface area contributed by atoms with E-state index in [9.17, 15) is 4.39 Å². The van der Waals surface area contributed by atoms with Gasteiger partial charge in [0.15, 0.2) is 0 Å². The second kappa shape index (κ2) is 5.91. The second-order valence-electron chi connectivity index (χ2n) is 5.80. The third-order valence-corrected chi connectivity index (χ3v) is 4.46. The molecule has 1 fully saturated rings. The Labute approximate surface area is 115 Å². The molecule has 0 saturated heterocycles. The van der Waals surface area contributed by atoms with E-state index in [1.807, 2.05) is 6.07 Å². The minimum absolute atomic E-state index is 0.120. The molecule has 19 heavy (non-hydrogen) atoms. The van der Waals surface area contributed by atoms with Gasteiger partial charge in [0.1, 0.15) is 5.82 Å². The van der Waals surface area contributed by atoms with Crippen molar-refractivity contribution in [1.82, 2.24) is 5.32 Å². The lowest BCUT2D eigenvalue weighted by atomic mass is 9.95. The van der Waals surface area contributed by atoms with E-state index in [1.165, 1.54) is 37.7 Å². The molecule has 2 aliphatic rings. The molecule has 3 heteroatoms. The van der Waals surface area contributed by atoms with Gasteiger partial charge in [0.05, 0.1) is 0 Å². The molecule has 0 atom stereocenters. The third kappa shape index (κ3) is 3.08. The molecule has 1 saturated carbocycles. The summed E-state index contributed by atoms with van der Waals surface area (Å²) in [6, 6.07) is 5.90. The molecule has 2 nitrogen and oxygen atoms in total. The standard InChI is InChI=1S/C16H23FN2/c17-14-7-6-13-8-10-19(16(13)12-14)11-9-18-15-4-2-1-3-5-15/h6-7,12,15,18H,1-5,8-11H2. The molecule has 0 amide bonds. The van der Waals surface area contributed by atoms with Gasteiger partial charge in [-0.05, 0) is 37.0 Å². The summed E-state index contributed by atoms with van der Waals surface area (Å²) in [5.74, 6) is -0.120. The second-order valence-corrected chi connectivity index (χ2v) is 5.80. The van der Waals surface area contributed by atoms with E-state index in [0.717, 1.165) is 31.7 Å². The van der Waals surface area contributed by atoms with Crippen molar-refractivity contribution in [1.29, 1.82) is 0 Å². The Balaban J connectivity index is 1.50. The Morgan fingerprint density at radius 3 is 2.89 bits per heavy atom. The van der Waals surface area contributed by atoms with Gasteiger partial charge in [0.25, 0.3) is 0 Å². The van der Waals surface area contributed by atoms with Crippen molar-refractivity contribution in [3.8, 4) is 0 Å². The summed E-state index contributed by atoms with van der Waals surface area (Å²) in [4.78, 5) is 2.31. The number of halogens is 1. The number of nitrogens with one attached hydrogen (secondary N) is 1. The van der Waals surface area contributed by atoms with Crippen molar-refractivity contribution in [3.05, 3.63) is 29.6 Å². The predicted molar refractivity (Wildman–Crippen MR) is 77.2 cm³/mol. The molecule has 104 valence electrons. The Morgan fingerprint density at radius 2 is 2.05 bits per heavy atom. The Kier molecular flexibility index (Phi) is 4.02. The molecule has 1 aromatic carbocycles. The van der Waals surface area contributed by atoms with Crippen LogP contribution in [0.5, 0.6) is 0 Å². The fourth-order valence-corrected chi connectivity index (χ4v) is 3.36. The summed E-state index contributed by atoms with van der Waals surface area (Å²) in [5, 5.41) is 3.66. The molecular weight excluding hydrogens is 239 g/mol. The van der Waals surface area contributed by atoms with Crippen LogP contribution < -0.4 is 10.2 Å². The monoisotopic (exact) mass is 262 g/mol. The Bertz CT molecular complexity index is 427. The van der Waals surface area contributed by atoms with Crippen molar-refractivity contribution in [2.24, 2.45) is 0 Å². The van der Waals surface area contributed by atoms with Gasteiger partial charge < -0.3 is 10.2 Å². The highest BCUT2D eigenvalue weighted by Crippen LogP contribution is 2.28. The lowest BCUT2D eigenvalue weighted by molar-refractivity contribution is 0.376. The maximum Gasteiger partial charge on any atom is 0.125 e. The van der Waals surface area contributed by atoms with Crippen molar-refractivity contribution in [2.75, 3.05) is 24.5 Å². The fraction of sp³-hybridized carbons (Fsp3) is 0.625. The van der Waals surface area contributed by atoms with Crippen LogP contribution in [0, 0.1) is 5.82 Å². The van der Waals surface area contributed by atoms with Crippen molar-refractivity contribution in [3.63, 3.8) is 0 Å². The molecule has 0 spiro atoms. The zero-order valence-corrected chi connectivity index (χ0v) is 11.5. The Morgan fingerprint density at radius 1 is 1.21 bits per heavy atom. The highest BCUT2D eigenvalue weighted by Gasteiger charge is 2.19. The summed E-state index contributed by atoms with van der Waals surface area (Å²) in [7, 11) is 0. The molecule has 0 unspecified atom stereocenters. The highest BCUT2D eigenvalue weighted by molar-refractivity contribution is 5.58. The SMILES string of the molecule is Fc1ccc2c(c1)N(CCNC1CCCCC1)CC2. The topological polar surface area (TPSA) is 15.3 Å². The first kappa shape index (κ1) is 12.9. The molecule has 1 aliphatic carbocycles. The molecule has 1 aliphatic heterocycles. The van der Waals surface area contributed by atoms with Crippen LogP contribution in [0.3, 0.4) is 0 Å². The number of nitrogens with zero attached hydrogens (tertiary/aromatic N) is 1. The first-order valence-corrected chi connectivity index (χ1v) is 7.60. The average molecular weight is 262 g/mol. The van der Waals surface area contributed by atoms with E-state index in [2.05, 4.69) is 10.2 Å². The average Bonchev–Trinajstić information content (AvgIpc) is 2.83. The van der Waals surface area contributed by atoms with Gasteiger partial charge in [-0.2, -0.15) is 0 Å². The van der Waals surface area contributed by atoms with Crippen LogP contribution in [0.15, 0.2) is 18.2 Å². The van der Waals surface area contributed by atoms with Crippen LogP contribution in [-0.4, -0.2) is 25.7 Å². The summed E-state index contributed by atoms with van der Waals surface area (Å²) >= 11 is 0. The minimum Gasteiger partial charge on any atom is -0.370 e. The smallest absolute Gasteiger partial charge is 0.125 e. The van der Waals surface area contributed by atoms with Gasteiger partial charge in [-0.1, -0.05) is 25.3 Å². The van der Waals surface area contributed by atoms with E-state index in [-0.39, 0.29) is 5.82 Å². The van der Waals surface area contributed by atoms with Crippen LogP contribution in [0.4, 0.5) is 10.1 Å². The number of rotatable bonds is 4. The fourth-order valence-electron chi connectivity index (χ4n) is 3.36. The predicted octanol–water partition coefficient (Wildman–Crippen LogP) is 3.11. The molecule has 1 aromatic rings. The highest BCUT2D eigenvalue weighted by atomic mass is 19.1. The molecule has 0 aromatic heterocycles. The van der Waals surface area contributed by atoms with Gasteiger partial charge in [0.2, 0.25) is 0 Å². The molecule has 1 heterocycles. The zero-order chi connectivity index (χ0) is 13.1. The Hall–Kier alpha value is -1.09. The van der Waals surface area contributed by atoms with Crippen LogP contribution in [0.25, 0.3) is 0 Å². The zero-order valence-electron chi connectivity index (χ0n) is 11.5. The summed E-state index contributed by atoms with van der Waals surface area (Å²) in [6.45, 7) is 3.04. The quantitative estimate of drug-likeness (QED) is 0.897. The van der Waals surface area contributed by atoms with E-state index in [1.54, 1.807) is 12.1 Å². The third-order valence-electron chi connectivity index (χ3n) is 4.46. The number of fused-ring (bicyclic) bond motifs is 1. The largest absolute Gasteiger partial charge is 0.370 e. The van der Waals surface area contributed by atoms with Gasteiger partial charge in [-0.3, -0.25) is 0 Å². The van der Waals surface area contributed by atoms with E-state index in [0.29, 0.717) is 6.04 Å². The first-order valence-electron chi connectivity index (χ1n) is 7.60. The van der Waals surface area contributed by atoms with E-state index in [4.69, 9.17) is 0 Å². The van der Waals surface area contributed by atoms with Crippen LogP contribution in [0.1, 0.15) is 37.7 Å². The van der Waals surface area contributed by atoms with Crippen LogP contribution in [0.2, 0.25) is 0 Å². The molecule has 0 radical (unpaired) electrons. The van der Waals surface area contributed by atoms with Crippen molar-refractivity contribution in [2.45, 2.75) is 44.6 Å². The summed E-state index contributed by atoms with van der Waals surface area (Å²) in [6.07, 6.45) is 7.84. The molecule has 0 bridgehead atoms. The molecule has 3 rings (SSSR count). The summed E-state index contributed by atoms with van der Waals surface area (Å²) < 4.78 is 13.3. The van der Waals surface area contributed by atoms with Gasteiger partial charge in [0, 0.05) is 31.4 Å². The number of hydrogen-bond acceptors (Lipinski definition) is 2. The van der Waals surface area contributed by atoms with Crippen LogP contribution in [-0.2, 0) is 6.42 Å². The summed E-state index contributed by atoms with van der Waals surface area (Å²) in [5.41, 5.74) is 2.39. The molecular formula is C16H23FN2. The number of hydrogen-bond donors (Lipinski definition) is 1. The van der Waals surface area contributed by atoms with Gasteiger partial charge >= 0.3 is 0 Å². The lowest BCUT2D eigenvalue weighted by Crippen LogP contribution is -2.37. The first-order chi connectivity index (χ1) is 9.33. The normalized spacial score (nSPS) is 19.7. The number of benzene rings is 1. The molecule has 1 N–H and O–H groups in total. The van der Waals surface area contributed by atoms with E-state index < -0.39 is 0 Å². The van der Waals surface area contributed by atoms with E-state index >= 15 is 0 Å². The van der Waals surface area contributed by atoms with Crippen molar-refractivity contribution >= 4 is 5.69 Å². The van der Waals surface area contributed by atoms with Crippen molar-refractivity contribution < 1.29 is 4.39 Å². The maximum absolute atomic E-state index is 13.3. The lowest BCUT2D eigenvalue weighted by Gasteiger charge is -2.25. The van der Waals surface area contributed by atoms with Crippen LogP contribution >= 0.6 is 0 Å². The van der Waals surface area contributed by atoms with Gasteiger partial charge in [-0.25, -0.2) is 4.39 Å². The number of anilines is 1. The maximum atomic E-state index is 13.3. The van der Waals surface area contributed by atoms with Gasteiger partial charge in [-0.15, -0.1) is 0 Å². The minimum atomic E-state index is -0.120.